The smallest absolute Gasteiger partial charge is 0.336 e. The quantitative estimate of drug-likeness (QED) is 0.221. The van der Waals surface area contributed by atoms with Crippen molar-refractivity contribution in [1.82, 2.24) is 0 Å². The average Bonchev–Trinajstić information content (AvgIpc) is 2.78. The zero-order chi connectivity index (χ0) is 23.2. The molecule has 0 heterocycles. The lowest BCUT2D eigenvalue weighted by Gasteiger charge is -2.43. The Kier molecular flexibility index (Phi) is 7.15. The molecule has 3 rings (SSSR count). The minimum absolute atomic E-state index is 0.138. The first-order valence-electron chi connectivity index (χ1n) is 10.4. The van der Waals surface area contributed by atoms with Crippen molar-refractivity contribution in [3.63, 3.8) is 0 Å². The Morgan fingerprint density at radius 1 is 1.00 bits per heavy atom. The fourth-order valence-electron chi connectivity index (χ4n) is 4.13. The number of benzene rings is 3. The Labute approximate surface area is 189 Å². The van der Waals surface area contributed by atoms with Crippen LogP contribution in [0.15, 0.2) is 84.0 Å². The summed E-state index contributed by atoms with van der Waals surface area (Å²) in [6.07, 6.45) is 0. The van der Waals surface area contributed by atoms with E-state index in [0.29, 0.717) is 5.56 Å². The maximum atomic E-state index is 11.9. The predicted molar refractivity (Wildman–Crippen MR) is 129 cm³/mol. The van der Waals surface area contributed by atoms with E-state index in [1.165, 1.54) is 0 Å². The normalized spacial score (nSPS) is 11.6. The lowest BCUT2D eigenvalue weighted by atomic mass is 10.0. The number of carbonyl (C=O) groups is 1. The molecule has 0 bridgehead atoms. The van der Waals surface area contributed by atoms with Crippen LogP contribution in [0.5, 0.6) is 0 Å². The van der Waals surface area contributed by atoms with Crippen LogP contribution in [-0.2, 0) is 17.6 Å². The number of azide groups is 1. The molecule has 6 nitrogen and oxygen atoms in total. The van der Waals surface area contributed by atoms with Crippen LogP contribution < -0.4 is 10.4 Å². The number of nitrogens with zero attached hydrogens (tertiary/aromatic N) is 3. The van der Waals surface area contributed by atoms with Crippen molar-refractivity contribution in [2.45, 2.75) is 39.0 Å². The summed E-state index contributed by atoms with van der Waals surface area (Å²) in [5.74, 6) is -1.01. The Balaban J connectivity index is 2.13. The third-order valence-electron chi connectivity index (χ3n) is 5.58. The molecule has 7 heteroatoms. The molecular formula is C25H27N3O3Si. The fourth-order valence-corrected chi connectivity index (χ4v) is 8.66. The molecule has 0 unspecified atom stereocenters. The molecule has 164 valence electrons. The van der Waals surface area contributed by atoms with E-state index in [1.807, 2.05) is 36.4 Å². The molecule has 0 spiro atoms. The van der Waals surface area contributed by atoms with Crippen LogP contribution in [0.1, 0.15) is 42.3 Å². The van der Waals surface area contributed by atoms with E-state index in [0.717, 1.165) is 15.9 Å². The van der Waals surface area contributed by atoms with Gasteiger partial charge in [-0.25, -0.2) is 4.79 Å². The van der Waals surface area contributed by atoms with Crippen molar-refractivity contribution >= 4 is 24.7 Å². The van der Waals surface area contributed by atoms with Crippen LogP contribution in [0.3, 0.4) is 0 Å². The number of hydrogen-bond donors (Lipinski definition) is 1. The van der Waals surface area contributed by atoms with Gasteiger partial charge in [-0.05, 0) is 38.1 Å². The topological polar surface area (TPSA) is 95.3 Å². The van der Waals surface area contributed by atoms with Crippen LogP contribution in [0.4, 0.5) is 0 Å². The van der Waals surface area contributed by atoms with E-state index in [9.17, 15) is 9.90 Å². The van der Waals surface area contributed by atoms with Crippen LogP contribution >= 0.6 is 0 Å². The summed E-state index contributed by atoms with van der Waals surface area (Å²) in [5.41, 5.74) is 10.1. The summed E-state index contributed by atoms with van der Waals surface area (Å²) in [5, 5.41) is 15.4. The second-order valence-electron chi connectivity index (χ2n) is 8.64. The van der Waals surface area contributed by atoms with Gasteiger partial charge in [0, 0.05) is 4.91 Å². The first kappa shape index (κ1) is 23.3. The lowest BCUT2D eigenvalue weighted by molar-refractivity contribution is 0.0693. The van der Waals surface area contributed by atoms with Gasteiger partial charge in [0.25, 0.3) is 8.32 Å². The molecule has 0 aliphatic rings. The second kappa shape index (κ2) is 9.83. The van der Waals surface area contributed by atoms with Gasteiger partial charge < -0.3 is 9.53 Å². The molecule has 0 amide bonds. The first-order chi connectivity index (χ1) is 15.3. The van der Waals surface area contributed by atoms with E-state index in [2.05, 4.69) is 55.1 Å². The molecule has 32 heavy (non-hydrogen) atoms. The van der Waals surface area contributed by atoms with Gasteiger partial charge in [-0.3, -0.25) is 0 Å². The number of carboxylic acid groups (broad SMARTS) is 1. The van der Waals surface area contributed by atoms with Crippen molar-refractivity contribution in [1.29, 1.82) is 0 Å². The highest BCUT2D eigenvalue weighted by molar-refractivity contribution is 6.99. The minimum atomic E-state index is -2.81. The number of aromatic carboxylic acids is 1. The van der Waals surface area contributed by atoms with Crippen LogP contribution in [0.2, 0.25) is 5.04 Å². The van der Waals surface area contributed by atoms with E-state index in [1.54, 1.807) is 18.2 Å². The standard InChI is InChI=1S/C25H27N3O3Si/c1-25(2,3)32(21-10-6-4-7-11-21,22-12-8-5-9-13-22)31-18-20-16-19(17-27-28-26)14-15-23(20)24(29)30/h4-16H,17-18H2,1-3H3,(H,29,30). The lowest BCUT2D eigenvalue weighted by Crippen LogP contribution is -2.66. The maximum absolute atomic E-state index is 11.9. The highest BCUT2D eigenvalue weighted by atomic mass is 28.4. The summed E-state index contributed by atoms with van der Waals surface area (Å²) in [4.78, 5) is 14.7. The van der Waals surface area contributed by atoms with Crippen molar-refractivity contribution in [3.05, 3.63) is 106 Å². The fraction of sp³-hybridized carbons (Fsp3) is 0.240. The molecule has 0 aromatic heterocycles. The van der Waals surface area contributed by atoms with Crippen molar-refractivity contribution < 1.29 is 14.3 Å². The summed E-state index contributed by atoms with van der Waals surface area (Å²) in [6, 6.07) is 25.4. The molecule has 0 fully saturated rings. The largest absolute Gasteiger partial charge is 0.478 e. The Hall–Kier alpha value is -3.38. The van der Waals surface area contributed by atoms with Crippen LogP contribution in [0.25, 0.3) is 10.4 Å². The average molecular weight is 446 g/mol. The molecular weight excluding hydrogens is 418 g/mol. The van der Waals surface area contributed by atoms with E-state index in [-0.39, 0.29) is 23.8 Å². The highest BCUT2D eigenvalue weighted by Gasteiger charge is 2.50. The van der Waals surface area contributed by atoms with Gasteiger partial charge in [-0.15, -0.1) is 0 Å². The summed E-state index contributed by atoms with van der Waals surface area (Å²) < 4.78 is 6.87. The summed E-state index contributed by atoms with van der Waals surface area (Å²) in [7, 11) is -2.81. The molecule has 3 aromatic rings. The van der Waals surface area contributed by atoms with Gasteiger partial charge in [0.05, 0.1) is 18.7 Å². The third-order valence-corrected chi connectivity index (χ3v) is 10.6. The maximum Gasteiger partial charge on any atom is 0.336 e. The van der Waals surface area contributed by atoms with Gasteiger partial charge in [0.2, 0.25) is 0 Å². The molecule has 0 aliphatic carbocycles. The Morgan fingerprint density at radius 3 is 2.03 bits per heavy atom. The van der Waals surface area contributed by atoms with E-state index >= 15 is 0 Å². The van der Waals surface area contributed by atoms with Gasteiger partial charge >= 0.3 is 5.97 Å². The molecule has 0 aliphatic heterocycles. The van der Waals surface area contributed by atoms with Gasteiger partial charge in [-0.2, -0.15) is 0 Å². The zero-order valence-electron chi connectivity index (χ0n) is 18.5. The van der Waals surface area contributed by atoms with E-state index < -0.39 is 14.3 Å². The van der Waals surface area contributed by atoms with Crippen LogP contribution in [0, 0.1) is 0 Å². The first-order valence-corrected chi connectivity index (χ1v) is 12.3. The summed E-state index contributed by atoms with van der Waals surface area (Å²) in [6.45, 7) is 6.82. The molecule has 0 saturated heterocycles. The number of rotatable bonds is 8. The predicted octanol–water partition coefficient (Wildman–Crippen LogP) is 5.27. The van der Waals surface area contributed by atoms with Gasteiger partial charge in [-0.1, -0.05) is 98.7 Å². The number of carboxylic acids is 1. The molecule has 0 saturated carbocycles. The summed E-state index contributed by atoms with van der Waals surface area (Å²) >= 11 is 0. The van der Waals surface area contributed by atoms with Gasteiger partial charge in [0.15, 0.2) is 0 Å². The SMILES string of the molecule is CC(C)(C)[Si](OCc1cc(CN=[N+]=[N-])ccc1C(=O)O)(c1ccccc1)c1ccccc1. The zero-order valence-corrected chi connectivity index (χ0v) is 19.5. The Morgan fingerprint density at radius 2 is 1.56 bits per heavy atom. The van der Waals surface area contributed by atoms with Crippen LogP contribution in [-0.4, -0.2) is 19.4 Å². The number of hydrogen-bond acceptors (Lipinski definition) is 3. The monoisotopic (exact) mass is 445 g/mol. The van der Waals surface area contributed by atoms with Crippen molar-refractivity contribution in [2.75, 3.05) is 0 Å². The molecule has 0 radical (unpaired) electrons. The molecule has 3 aromatic carbocycles. The third kappa shape index (κ3) is 4.75. The minimum Gasteiger partial charge on any atom is -0.478 e. The van der Waals surface area contributed by atoms with Gasteiger partial charge in [0.1, 0.15) is 0 Å². The highest BCUT2D eigenvalue weighted by Crippen LogP contribution is 2.37. The molecule has 1 N–H and O–H groups in total. The Bertz CT molecular complexity index is 1080. The van der Waals surface area contributed by atoms with Crippen molar-refractivity contribution in [2.24, 2.45) is 5.11 Å². The second-order valence-corrected chi connectivity index (χ2v) is 12.9. The van der Waals surface area contributed by atoms with E-state index in [4.69, 9.17) is 9.96 Å². The van der Waals surface area contributed by atoms with Crippen molar-refractivity contribution in [3.8, 4) is 0 Å². The molecule has 0 atom stereocenters.